The van der Waals surface area contributed by atoms with E-state index in [4.69, 9.17) is 14.2 Å². The van der Waals surface area contributed by atoms with E-state index in [2.05, 4.69) is 23.1 Å². The summed E-state index contributed by atoms with van der Waals surface area (Å²) in [7, 11) is 0. The number of ether oxygens (including phenoxy) is 3. The quantitative estimate of drug-likeness (QED) is 0.875. The van der Waals surface area contributed by atoms with Crippen molar-refractivity contribution >= 4 is 0 Å². The standard InChI is InChI=1S/C23H25NO4/c25-23-18-11-24-7-6-16-9-21-22(28-13-27-21)10-17(16)19(24)8-15(18)4-5-20(23)26-12-14-2-1-3-14/h4-5,9-10,14,19,25H,1-3,6-8,11-13H2. The van der Waals surface area contributed by atoms with Gasteiger partial charge in [-0.05, 0) is 66.5 Å². The van der Waals surface area contributed by atoms with E-state index < -0.39 is 0 Å². The van der Waals surface area contributed by atoms with Crippen LogP contribution in [0.1, 0.15) is 47.6 Å². The fourth-order valence-electron chi connectivity index (χ4n) is 4.99. The molecule has 0 spiro atoms. The molecule has 146 valence electrons. The number of phenols is 1. The van der Waals surface area contributed by atoms with Gasteiger partial charge in [-0.25, -0.2) is 0 Å². The predicted octanol–water partition coefficient (Wildman–Crippen LogP) is 3.96. The summed E-state index contributed by atoms with van der Waals surface area (Å²) in [5, 5.41) is 10.9. The van der Waals surface area contributed by atoms with Gasteiger partial charge in [-0.1, -0.05) is 12.5 Å². The molecular weight excluding hydrogens is 354 g/mol. The maximum absolute atomic E-state index is 10.9. The second kappa shape index (κ2) is 6.31. The first-order valence-electron chi connectivity index (χ1n) is 10.4. The number of fused-ring (bicyclic) bond motifs is 5. The number of hydrogen-bond donors (Lipinski definition) is 1. The molecule has 0 radical (unpaired) electrons. The first kappa shape index (κ1) is 16.5. The van der Waals surface area contributed by atoms with Gasteiger partial charge in [0.15, 0.2) is 23.0 Å². The Morgan fingerprint density at radius 2 is 1.96 bits per heavy atom. The molecule has 5 nitrogen and oxygen atoms in total. The van der Waals surface area contributed by atoms with Crippen LogP contribution in [0.2, 0.25) is 0 Å². The first-order valence-corrected chi connectivity index (χ1v) is 10.4. The Morgan fingerprint density at radius 1 is 1.11 bits per heavy atom. The summed E-state index contributed by atoms with van der Waals surface area (Å²) in [4.78, 5) is 2.47. The molecule has 1 atom stereocenters. The van der Waals surface area contributed by atoms with Crippen LogP contribution in [0.25, 0.3) is 0 Å². The van der Waals surface area contributed by atoms with Gasteiger partial charge in [-0.3, -0.25) is 4.90 Å². The van der Waals surface area contributed by atoms with Crippen molar-refractivity contribution in [3.05, 3.63) is 46.5 Å². The van der Waals surface area contributed by atoms with E-state index in [1.807, 2.05) is 6.07 Å². The molecule has 1 aliphatic carbocycles. The Morgan fingerprint density at radius 3 is 2.79 bits per heavy atom. The number of benzene rings is 2. The molecule has 28 heavy (non-hydrogen) atoms. The normalized spacial score (nSPS) is 22.8. The van der Waals surface area contributed by atoms with Crippen molar-refractivity contribution < 1.29 is 19.3 Å². The van der Waals surface area contributed by atoms with Gasteiger partial charge in [0.05, 0.1) is 6.61 Å². The molecule has 2 aromatic rings. The molecule has 1 fully saturated rings. The summed E-state index contributed by atoms with van der Waals surface area (Å²) >= 11 is 0. The van der Waals surface area contributed by atoms with E-state index in [0.29, 0.717) is 30.3 Å². The average molecular weight is 379 g/mol. The number of phenolic OH excluding ortho intramolecular Hbond substituents is 1. The van der Waals surface area contributed by atoms with Crippen LogP contribution < -0.4 is 14.2 Å². The molecule has 1 N–H and O–H groups in total. The molecule has 5 heteroatoms. The van der Waals surface area contributed by atoms with E-state index >= 15 is 0 Å². The van der Waals surface area contributed by atoms with E-state index in [0.717, 1.165) is 49.6 Å². The predicted molar refractivity (Wildman–Crippen MR) is 104 cm³/mol. The third kappa shape index (κ3) is 2.56. The highest BCUT2D eigenvalue weighted by atomic mass is 16.7. The second-order valence-electron chi connectivity index (χ2n) is 8.50. The summed E-state index contributed by atoms with van der Waals surface area (Å²) in [5.41, 5.74) is 4.95. The molecule has 3 heterocycles. The Kier molecular flexibility index (Phi) is 3.73. The van der Waals surface area contributed by atoms with E-state index in [9.17, 15) is 5.11 Å². The summed E-state index contributed by atoms with van der Waals surface area (Å²) in [5.74, 6) is 3.37. The van der Waals surface area contributed by atoms with Crippen molar-refractivity contribution in [2.24, 2.45) is 5.92 Å². The minimum atomic E-state index is 0.312. The fourth-order valence-corrected chi connectivity index (χ4v) is 4.99. The maximum atomic E-state index is 10.9. The molecule has 0 aromatic heterocycles. The van der Waals surface area contributed by atoms with Gasteiger partial charge in [0.25, 0.3) is 0 Å². The van der Waals surface area contributed by atoms with Crippen molar-refractivity contribution in [2.75, 3.05) is 19.9 Å². The summed E-state index contributed by atoms with van der Waals surface area (Å²) in [6.45, 7) is 2.79. The zero-order valence-electron chi connectivity index (χ0n) is 15.9. The molecular formula is C23H25NO4. The number of hydrogen-bond acceptors (Lipinski definition) is 5. The van der Waals surface area contributed by atoms with Crippen molar-refractivity contribution in [1.29, 1.82) is 0 Å². The van der Waals surface area contributed by atoms with E-state index in [-0.39, 0.29) is 0 Å². The van der Waals surface area contributed by atoms with Crippen LogP contribution in [0.15, 0.2) is 24.3 Å². The van der Waals surface area contributed by atoms with Crippen molar-refractivity contribution in [2.45, 2.75) is 44.7 Å². The number of aromatic hydroxyl groups is 1. The first-order chi connectivity index (χ1) is 13.8. The van der Waals surface area contributed by atoms with Gasteiger partial charge in [-0.2, -0.15) is 0 Å². The minimum absolute atomic E-state index is 0.312. The van der Waals surface area contributed by atoms with Gasteiger partial charge in [-0.15, -0.1) is 0 Å². The zero-order chi connectivity index (χ0) is 18.7. The lowest BCUT2D eigenvalue weighted by atomic mass is 9.83. The van der Waals surface area contributed by atoms with Gasteiger partial charge in [0, 0.05) is 24.7 Å². The monoisotopic (exact) mass is 379 g/mol. The summed E-state index contributed by atoms with van der Waals surface area (Å²) < 4.78 is 17.1. The molecule has 0 bridgehead atoms. The van der Waals surface area contributed by atoms with Gasteiger partial charge >= 0.3 is 0 Å². The largest absolute Gasteiger partial charge is 0.504 e. The lowest BCUT2D eigenvalue weighted by molar-refractivity contribution is 0.154. The van der Waals surface area contributed by atoms with Crippen molar-refractivity contribution in [3.8, 4) is 23.0 Å². The molecule has 0 amide bonds. The smallest absolute Gasteiger partial charge is 0.231 e. The molecule has 6 rings (SSSR count). The summed E-state index contributed by atoms with van der Waals surface area (Å²) in [6, 6.07) is 8.73. The fraction of sp³-hybridized carbons (Fsp3) is 0.478. The van der Waals surface area contributed by atoms with Crippen molar-refractivity contribution in [1.82, 2.24) is 4.90 Å². The SMILES string of the molecule is Oc1c(OCC2CCC2)ccc2c1CN1CCc3cc4c(cc3C1C2)OCO4. The van der Waals surface area contributed by atoms with Crippen LogP contribution in [0.3, 0.4) is 0 Å². The van der Waals surface area contributed by atoms with Gasteiger partial charge < -0.3 is 19.3 Å². The highest BCUT2D eigenvalue weighted by Crippen LogP contribution is 2.46. The third-order valence-electron chi connectivity index (χ3n) is 6.92. The highest BCUT2D eigenvalue weighted by molar-refractivity contribution is 5.54. The lowest BCUT2D eigenvalue weighted by Crippen LogP contribution is -2.39. The average Bonchev–Trinajstić information content (AvgIpc) is 3.13. The Hall–Kier alpha value is -2.40. The van der Waals surface area contributed by atoms with Crippen LogP contribution in [0.4, 0.5) is 0 Å². The van der Waals surface area contributed by atoms with Gasteiger partial charge in [0.1, 0.15) is 0 Å². The van der Waals surface area contributed by atoms with E-state index in [1.54, 1.807) is 0 Å². The van der Waals surface area contributed by atoms with Crippen LogP contribution in [0, 0.1) is 5.92 Å². The second-order valence-corrected chi connectivity index (χ2v) is 8.50. The Bertz CT molecular complexity index is 937. The molecule has 0 saturated heterocycles. The molecule has 1 unspecified atom stereocenters. The van der Waals surface area contributed by atoms with Crippen LogP contribution in [0.5, 0.6) is 23.0 Å². The number of rotatable bonds is 3. The van der Waals surface area contributed by atoms with Crippen LogP contribution in [-0.4, -0.2) is 30.0 Å². The third-order valence-corrected chi connectivity index (χ3v) is 6.92. The molecule has 1 saturated carbocycles. The van der Waals surface area contributed by atoms with Gasteiger partial charge in [0.2, 0.25) is 6.79 Å². The van der Waals surface area contributed by atoms with E-state index in [1.165, 1.54) is 36.0 Å². The topological polar surface area (TPSA) is 51.2 Å². The number of nitrogens with zero attached hydrogens (tertiary/aromatic N) is 1. The minimum Gasteiger partial charge on any atom is -0.504 e. The highest BCUT2D eigenvalue weighted by Gasteiger charge is 2.35. The Balaban J connectivity index is 1.29. The molecule has 3 aliphatic heterocycles. The zero-order valence-corrected chi connectivity index (χ0v) is 15.9. The summed E-state index contributed by atoms with van der Waals surface area (Å²) in [6.07, 6.45) is 5.70. The molecule has 2 aromatic carbocycles. The van der Waals surface area contributed by atoms with Crippen LogP contribution >= 0.6 is 0 Å². The van der Waals surface area contributed by atoms with Crippen LogP contribution in [-0.2, 0) is 19.4 Å². The maximum Gasteiger partial charge on any atom is 0.231 e. The van der Waals surface area contributed by atoms with Crippen molar-refractivity contribution in [3.63, 3.8) is 0 Å². The lowest BCUT2D eigenvalue weighted by Gasteiger charge is -2.41. The molecule has 4 aliphatic rings. The Labute approximate surface area is 164 Å².